The van der Waals surface area contributed by atoms with E-state index in [0.717, 1.165) is 0 Å². The van der Waals surface area contributed by atoms with Gasteiger partial charge in [0.1, 0.15) is 5.69 Å². The molecule has 1 aromatic heterocycles. The maximum Gasteiger partial charge on any atom is 0.544 e. The fourth-order valence-electron chi connectivity index (χ4n) is 0.642. The molecule has 58 valence electrons. The molecule has 0 saturated heterocycles. The van der Waals surface area contributed by atoms with Gasteiger partial charge in [0.05, 0.1) is 0 Å². The lowest BCUT2D eigenvalue weighted by Crippen LogP contribution is -1.93. The second-order valence-electron chi connectivity index (χ2n) is 1.93. The number of hydrogen-bond acceptors (Lipinski definition) is 3. The van der Waals surface area contributed by atoms with E-state index in [1.807, 2.05) is 0 Å². The molecule has 0 aliphatic carbocycles. The summed E-state index contributed by atoms with van der Waals surface area (Å²) in [6, 6.07) is 4.80. The lowest BCUT2D eigenvalue weighted by atomic mass is 10.4. The second-order valence-corrected chi connectivity index (χ2v) is 3.02. The van der Waals surface area contributed by atoms with E-state index >= 15 is 0 Å². The van der Waals surface area contributed by atoms with Crippen LogP contribution in [0.1, 0.15) is 11.5 Å². The standard InChI is InChI=1S/C6H6NO3P/c8-6(11(9)10)5-3-1-2-4-7-5/h1-4,6,8H/p+1. The van der Waals surface area contributed by atoms with Gasteiger partial charge in [-0.2, -0.15) is 4.89 Å². The summed E-state index contributed by atoms with van der Waals surface area (Å²) in [5, 5.41) is 9.00. The Labute approximate surface area is 64.4 Å². The van der Waals surface area contributed by atoms with Gasteiger partial charge in [-0.25, -0.2) is 0 Å². The highest BCUT2D eigenvalue weighted by molar-refractivity contribution is 7.38. The maximum atomic E-state index is 10.4. The number of nitrogens with zero attached hydrogens (tertiary/aromatic N) is 1. The third kappa shape index (κ3) is 2.05. The molecule has 0 saturated carbocycles. The van der Waals surface area contributed by atoms with Gasteiger partial charge >= 0.3 is 13.9 Å². The molecular formula is C6H7NO3P+. The summed E-state index contributed by atoms with van der Waals surface area (Å²) in [4.78, 5) is 12.2. The molecule has 0 bridgehead atoms. The van der Waals surface area contributed by atoms with Crippen LogP contribution >= 0.6 is 8.03 Å². The van der Waals surface area contributed by atoms with Crippen molar-refractivity contribution in [2.45, 2.75) is 5.85 Å². The number of aliphatic hydroxyl groups is 1. The van der Waals surface area contributed by atoms with Crippen LogP contribution in [0, 0.1) is 0 Å². The van der Waals surface area contributed by atoms with Crippen LogP contribution in [-0.2, 0) is 4.57 Å². The lowest BCUT2D eigenvalue weighted by molar-refractivity contribution is 0.238. The summed E-state index contributed by atoms with van der Waals surface area (Å²) in [5.74, 6) is -1.37. The highest BCUT2D eigenvalue weighted by Gasteiger charge is 2.28. The molecule has 2 unspecified atom stereocenters. The molecule has 0 amide bonds. The molecule has 4 nitrogen and oxygen atoms in total. The number of rotatable bonds is 2. The summed E-state index contributed by atoms with van der Waals surface area (Å²) in [7, 11) is -2.59. The fraction of sp³-hybridized carbons (Fsp3) is 0.167. The van der Waals surface area contributed by atoms with E-state index in [-0.39, 0.29) is 5.69 Å². The molecule has 2 N–H and O–H groups in total. The molecule has 1 rings (SSSR count). The largest absolute Gasteiger partial charge is 0.544 e. The van der Waals surface area contributed by atoms with Crippen LogP contribution in [0.25, 0.3) is 0 Å². The van der Waals surface area contributed by atoms with Crippen LogP contribution in [0.5, 0.6) is 0 Å². The summed E-state index contributed by atoms with van der Waals surface area (Å²) >= 11 is 0. The Morgan fingerprint density at radius 1 is 1.55 bits per heavy atom. The van der Waals surface area contributed by atoms with Gasteiger partial charge in [-0.3, -0.25) is 4.98 Å². The van der Waals surface area contributed by atoms with Crippen LogP contribution < -0.4 is 0 Å². The predicted molar refractivity (Wildman–Crippen MR) is 39.0 cm³/mol. The number of aliphatic hydroxyl groups excluding tert-OH is 1. The minimum Gasteiger partial charge on any atom is -0.344 e. The molecule has 11 heavy (non-hydrogen) atoms. The van der Waals surface area contributed by atoms with Crippen molar-refractivity contribution < 1.29 is 14.6 Å². The van der Waals surface area contributed by atoms with Gasteiger partial charge in [-0.05, 0) is 16.7 Å². The van der Waals surface area contributed by atoms with Gasteiger partial charge in [0.25, 0.3) is 0 Å². The first-order chi connectivity index (χ1) is 5.22. The van der Waals surface area contributed by atoms with Crippen molar-refractivity contribution in [2.75, 3.05) is 0 Å². The summed E-state index contributed by atoms with van der Waals surface area (Å²) in [5.41, 5.74) is 0.219. The van der Waals surface area contributed by atoms with Crippen molar-refractivity contribution in [1.29, 1.82) is 0 Å². The topological polar surface area (TPSA) is 70.4 Å². The number of pyridine rings is 1. The Balaban J connectivity index is 2.85. The van der Waals surface area contributed by atoms with Gasteiger partial charge in [0.15, 0.2) is 0 Å². The minimum absolute atomic E-state index is 0.219. The summed E-state index contributed by atoms with van der Waals surface area (Å²) in [6.45, 7) is 0. The first-order valence-corrected chi connectivity index (χ1v) is 4.24. The van der Waals surface area contributed by atoms with Crippen molar-refractivity contribution in [3.8, 4) is 0 Å². The molecule has 1 aromatic rings. The molecule has 1 heterocycles. The van der Waals surface area contributed by atoms with Crippen molar-refractivity contribution >= 4 is 8.03 Å². The highest BCUT2D eigenvalue weighted by Crippen LogP contribution is 2.32. The van der Waals surface area contributed by atoms with Crippen LogP contribution in [-0.4, -0.2) is 15.0 Å². The zero-order chi connectivity index (χ0) is 8.27. The van der Waals surface area contributed by atoms with Gasteiger partial charge in [-0.1, -0.05) is 6.07 Å². The van der Waals surface area contributed by atoms with E-state index in [9.17, 15) is 4.57 Å². The minimum atomic E-state index is -2.59. The monoisotopic (exact) mass is 172 g/mol. The predicted octanol–water partition coefficient (Wildman–Crippen LogP) is 0.807. The Hall–Kier alpha value is -0.830. The maximum absolute atomic E-state index is 10.4. The summed E-state index contributed by atoms with van der Waals surface area (Å²) < 4.78 is 10.4. The number of aromatic nitrogens is 1. The SMILES string of the molecule is O=[P+](O)C(O)c1ccccn1. The van der Waals surface area contributed by atoms with E-state index in [2.05, 4.69) is 4.98 Å². The molecule has 0 aliphatic heterocycles. The molecule has 0 aliphatic rings. The highest BCUT2D eigenvalue weighted by atomic mass is 31.1. The molecule has 5 heteroatoms. The first-order valence-electron chi connectivity index (χ1n) is 2.96. The zero-order valence-electron chi connectivity index (χ0n) is 5.58. The molecular weight excluding hydrogens is 165 g/mol. The van der Waals surface area contributed by atoms with Crippen molar-refractivity contribution in [3.63, 3.8) is 0 Å². The van der Waals surface area contributed by atoms with E-state index in [0.29, 0.717) is 0 Å². The van der Waals surface area contributed by atoms with Crippen LogP contribution in [0.4, 0.5) is 0 Å². The van der Waals surface area contributed by atoms with Crippen LogP contribution in [0.3, 0.4) is 0 Å². The Kier molecular flexibility index (Phi) is 2.65. The lowest BCUT2D eigenvalue weighted by Gasteiger charge is -1.93. The smallest absolute Gasteiger partial charge is 0.344 e. The van der Waals surface area contributed by atoms with E-state index in [1.165, 1.54) is 12.3 Å². The normalized spacial score (nSPS) is 14.2. The number of hydrogen-bond donors (Lipinski definition) is 2. The molecule has 0 aromatic carbocycles. The van der Waals surface area contributed by atoms with Crippen LogP contribution in [0.15, 0.2) is 24.4 Å². The fourth-order valence-corrected chi connectivity index (χ4v) is 1.02. The van der Waals surface area contributed by atoms with Crippen molar-refractivity contribution in [2.24, 2.45) is 0 Å². The molecule has 2 atom stereocenters. The zero-order valence-corrected chi connectivity index (χ0v) is 6.48. The Morgan fingerprint density at radius 3 is 2.73 bits per heavy atom. The van der Waals surface area contributed by atoms with Crippen molar-refractivity contribution in [3.05, 3.63) is 30.1 Å². The Bertz CT molecular complexity index is 251. The summed E-state index contributed by atoms with van der Waals surface area (Å²) in [6.07, 6.45) is 1.46. The van der Waals surface area contributed by atoms with E-state index < -0.39 is 13.9 Å². The van der Waals surface area contributed by atoms with E-state index in [4.69, 9.17) is 10.00 Å². The molecule has 0 radical (unpaired) electrons. The Morgan fingerprint density at radius 2 is 2.27 bits per heavy atom. The van der Waals surface area contributed by atoms with Crippen LogP contribution in [0.2, 0.25) is 0 Å². The first kappa shape index (κ1) is 8.27. The van der Waals surface area contributed by atoms with Gasteiger partial charge in [-0.15, -0.1) is 0 Å². The van der Waals surface area contributed by atoms with E-state index in [1.54, 1.807) is 12.1 Å². The van der Waals surface area contributed by atoms with Gasteiger partial charge < -0.3 is 5.11 Å². The van der Waals surface area contributed by atoms with Crippen molar-refractivity contribution in [1.82, 2.24) is 4.98 Å². The quantitative estimate of drug-likeness (QED) is 0.647. The second kappa shape index (κ2) is 3.53. The molecule has 0 fully saturated rings. The third-order valence-corrected chi connectivity index (χ3v) is 1.84. The average molecular weight is 172 g/mol. The molecule has 0 spiro atoms. The van der Waals surface area contributed by atoms with Gasteiger partial charge in [0, 0.05) is 6.20 Å². The third-order valence-electron chi connectivity index (χ3n) is 1.16. The van der Waals surface area contributed by atoms with Gasteiger partial charge in [0.2, 0.25) is 0 Å². The average Bonchev–Trinajstić information content (AvgIpc) is 2.05.